The number of benzene rings is 3. The molecule has 0 saturated carbocycles. The fraction of sp³-hybridized carbons (Fsp3) is 0.296. The summed E-state index contributed by atoms with van der Waals surface area (Å²) in [5, 5.41) is 19.7. The number of aliphatic hydroxyl groups is 2. The molecule has 6 heteroatoms. The van der Waals surface area contributed by atoms with Gasteiger partial charge in [-0.05, 0) is 48.6 Å². The Bertz CT molecular complexity index is 735. The molecular formula is C27H40N2O3S. The summed E-state index contributed by atoms with van der Waals surface area (Å²) >= 11 is 1.31. The molecule has 0 bridgehead atoms. The van der Waals surface area contributed by atoms with Crippen LogP contribution in [0.4, 0.5) is 5.69 Å². The van der Waals surface area contributed by atoms with E-state index in [-0.39, 0.29) is 0 Å². The van der Waals surface area contributed by atoms with Crippen LogP contribution in [0.25, 0.3) is 0 Å². The zero-order chi connectivity index (χ0) is 25.2. The van der Waals surface area contributed by atoms with Crippen LogP contribution in [-0.2, 0) is 11.2 Å². The third-order valence-electron chi connectivity index (χ3n) is 4.28. The normalized spacial score (nSPS) is 8.67. The molecule has 0 amide bonds. The van der Waals surface area contributed by atoms with Crippen molar-refractivity contribution in [2.75, 3.05) is 32.2 Å². The van der Waals surface area contributed by atoms with E-state index in [1.807, 2.05) is 43.2 Å². The maximum atomic E-state index is 8.00. The fourth-order valence-electron chi connectivity index (χ4n) is 2.77. The Morgan fingerprint density at radius 1 is 0.788 bits per heavy atom. The Hall–Kier alpha value is -2.64. The lowest BCUT2D eigenvalue weighted by atomic mass is 10.1. The summed E-state index contributed by atoms with van der Waals surface area (Å²) < 4.78 is 0. The Balaban J connectivity index is 0. The zero-order valence-electron chi connectivity index (χ0n) is 20.1. The van der Waals surface area contributed by atoms with E-state index in [0.717, 1.165) is 38.6 Å². The standard InChI is InChI=1S/C18H24N2S.C6H6.2CH4O.CH2O/c1-2-3-13-20(14-12-16-8-5-4-6-9-16)17-10-7-11-18(15-17)21-19;1-2-4-6-5-3-1;3*1-2/h4-11,15H,2-3,12-14,19H2,1H3;1-6H;2*2H,1H3;1H2. The molecule has 5 nitrogen and oxygen atoms in total. The minimum absolute atomic E-state index is 1.00. The maximum Gasteiger partial charge on any atom is 0.106 e. The van der Waals surface area contributed by atoms with Gasteiger partial charge in [0.1, 0.15) is 6.79 Å². The molecule has 3 rings (SSSR count). The van der Waals surface area contributed by atoms with E-state index >= 15 is 0 Å². The Labute approximate surface area is 204 Å². The van der Waals surface area contributed by atoms with Crippen molar-refractivity contribution in [1.82, 2.24) is 0 Å². The number of anilines is 1. The van der Waals surface area contributed by atoms with Crippen LogP contribution in [-0.4, -0.2) is 44.3 Å². The quantitative estimate of drug-likeness (QED) is 0.390. The van der Waals surface area contributed by atoms with E-state index in [0.29, 0.717) is 0 Å². The summed E-state index contributed by atoms with van der Waals surface area (Å²) in [4.78, 5) is 11.6. The van der Waals surface area contributed by atoms with Gasteiger partial charge in [-0.25, -0.2) is 0 Å². The first kappa shape index (κ1) is 32.5. The first-order valence-electron chi connectivity index (χ1n) is 10.8. The molecule has 4 N–H and O–H groups in total. The summed E-state index contributed by atoms with van der Waals surface area (Å²) in [6, 6.07) is 31.2. The third kappa shape index (κ3) is 16.6. The van der Waals surface area contributed by atoms with Crippen molar-refractivity contribution in [2.24, 2.45) is 5.14 Å². The number of nitrogens with zero attached hydrogens (tertiary/aromatic N) is 1. The number of nitrogens with two attached hydrogens (primary N) is 1. The van der Waals surface area contributed by atoms with Gasteiger partial charge in [0.25, 0.3) is 0 Å². The molecule has 0 heterocycles. The van der Waals surface area contributed by atoms with Crippen molar-refractivity contribution >= 4 is 24.4 Å². The van der Waals surface area contributed by atoms with Gasteiger partial charge in [0.05, 0.1) is 0 Å². The molecule has 0 radical (unpaired) electrons. The highest BCUT2D eigenvalue weighted by Gasteiger charge is 2.07. The Morgan fingerprint density at radius 2 is 1.30 bits per heavy atom. The van der Waals surface area contributed by atoms with Gasteiger partial charge >= 0.3 is 0 Å². The van der Waals surface area contributed by atoms with Crippen LogP contribution in [0, 0.1) is 0 Å². The lowest BCUT2D eigenvalue weighted by Gasteiger charge is -2.25. The monoisotopic (exact) mass is 472 g/mol. The Kier molecular flexibility index (Phi) is 25.3. The van der Waals surface area contributed by atoms with Crippen molar-refractivity contribution in [3.05, 3.63) is 96.6 Å². The average Bonchev–Trinajstić information content (AvgIpc) is 2.94. The Morgan fingerprint density at radius 3 is 1.79 bits per heavy atom. The number of unbranched alkanes of at least 4 members (excludes halogenated alkanes) is 1. The molecule has 0 spiro atoms. The van der Waals surface area contributed by atoms with Gasteiger partial charge in [-0.1, -0.05) is 86.1 Å². The first-order chi connectivity index (χ1) is 16.3. The molecule has 0 aliphatic heterocycles. The van der Waals surface area contributed by atoms with E-state index in [4.69, 9.17) is 20.1 Å². The lowest BCUT2D eigenvalue weighted by molar-refractivity contribution is -0.0979. The van der Waals surface area contributed by atoms with E-state index < -0.39 is 0 Å². The van der Waals surface area contributed by atoms with E-state index in [9.17, 15) is 0 Å². The van der Waals surface area contributed by atoms with Crippen molar-refractivity contribution in [2.45, 2.75) is 31.1 Å². The highest BCUT2D eigenvalue weighted by molar-refractivity contribution is 7.97. The zero-order valence-corrected chi connectivity index (χ0v) is 21.0. The second-order valence-corrected chi connectivity index (χ2v) is 7.05. The molecule has 0 atom stereocenters. The average molecular weight is 473 g/mol. The van der Waals surface area contributed by atoms with Crippen LogP contribution in [0.1, 0.15) is 25.3 Å². The highest BCUT2D eigenvalue weighted by Crippen LogP contribution is 2.21. The number of carbonyl (C=O) groups is 1. The third-order valence-corrected chi connectivity index (χ3v) is 4.81. The highest BCUT2D eigenvalue weighted by atomic mass is 32.2. The predicted octanol–water partition coefficient (Wildman–Crippen LogP) is 5.22. The summed E-state index contributed by atoms with van der Waals surface area (Å²) in [6.07, 6.45) is 3.51. The van der Waals surface area contributed by atoms with Crippen molar-refractivity contribution in [1.29, 1.82) is 0 Å². The molecule has 0 unspecified atom stereocenters. The molecule has 0 aliphatic rings. The van der Waals surface area contributed by atoms with Gasteiger partial charge in [0, 0.05) is 37.9 Å². The number of hydrogen-bond acceptors (Lipinski definition) is 6. The van der Waals surface area contributed by atoms with Crippen LogP contribution in [0.15, 0.2) is 95.9 Å². The topological polar surface area (TPSA) is 86.8 Å². The molecule has 0 fully saturated rings. The molecule has 3 aromatic rings. The number of aliphatic hydroxyl groups excluding tert-OH is 2. The number of rotatable bonds is 8. The summed E-state index contributed by atoms with van der Waals surface area (Å²) in [6.45, 7) is 6.38. The van der Waals surface area contributed by atoms with Crippen LogP contribution in [0.5, 0.6) is 0 Å². The van der Waals surface area contributed by atoms with Gasteiger partial charge in [-0.2, -0.15) is 0 Å². The number of hydrogen-bond donors (Lipinski definition) is 3. The lowest BCUT2D eigenvalue weighted by Crippen LogP contribution is -2.27. The van der Waals surface area contributed by atoms with Crippen molar-refractivity contribution < 1.29 is 15.0 Å². The molecular weight excluding hydrogens is 432 g/mol. The largest absolute Gasteiger partial charge is 0.400 e. The molecule has 33 heavy (non-hydrogen) atoms. The van der Waals surface area contributed by atoms with E-state index in [1.54, 1.807) is 0 Å². The first-order valence-corrected chi connectivity index (χ1v) is 11.7. The smallest absolute Gasteiger partial charge is 0.106 e. The van der Waals surface area contributed by atoms with Crippen LogP contribution in [0.3, 0.4) is 0 Å². The molecule has 0 aliphatic carbocycles. The van der Waals surface area contributed by atoms with Gasteiger partial charge in [0.2, 0.25) is 0 Å². The molecule has 3 aromatic carbocycles. The molecule has 0 aromatic heterocycles. The number of carbonyl (C=O) groups excluding carboxylic acids is 1. The second-order valence-electron chi connectivity index (χ2n) is 6.35. The minimum atomic E-state index is 1.00. The second kappa shape index (κ2) is 25.6. The SMILES string of the molecule is C=O.CCCCN(CCc1ccccc1)c1cccc(SN)c1.CO.CO.c1ccccc1. The van der Waals surface area contributed by atoms with E-state index in [1.165, 1.54) is 36.0 Å². The summed E-state index contributed by atoms with van der Waals surface area (Å²) in [5.74, 6) is 0. The van der Waals surface area contributed by atoms with E-state index in [2.05, 4.69) is 66.4 Å². The summed E-state index contributed by atoms with van der Waals surface area (Å²) in [5.41, 5.74) is 2.66. The minimum Gasteiger partial charge on any atom is -0.400 e. The molecule has 182 valence electrons. The van der Waals surface area contributed by atoms with Gasteiger partial charge in [-0.15, -0.1) is 0 Å². The van der Waals surface area contributed by atoms with Gasteiger partial charge in [0.15, 0.2) is 0 Å². The molecule has 0 saturated heterocycles. The fourth-order valence-corrected chi connectivity index (χ4v) is 3.11. The van der Waals surface area contributed by atoms with Crippen LogP contribution >= 0.6 is 11.9 Å². The van der Waals surface area contributed by atoms with Gasteiger partial charge in [-0.3, -0.25) is 5.14 Å². The van der Waals surface area contributed by atoms with Crippen LogP contribution in [0.2, 0.25) is 0 Å². The maximum absolute atomic E-state index is 8.00. The van der Waals surface area contributed by atoms with Crippen molar-refractivity contribution in [3.8, 4) is 0 Å². The van der Waals surface area contributed by atoms with Gasteiger partial charge < -0.3 is 19.9 Å². The predicted molar refractivity (Wildman–Crippen MR) is 144 cm³/mol. The van der Waals surface area contributed by atoms with Crippen molar-refractivity contribution in [3.63, 3.8) is 0 Å². The summed E-state index contributed by atoms with van der Waals surface area (Å²) in [7, 11) is 2.00. The van der Waals surface area contributed by atoms with Crippen LogP contribution < -0.4 is 10.0 Å².